The first kappa shape index (κ1) is 33.3. The summed E-state index contributed by atoms with van der Waals surface area (Å²) < 4.78 is 41.6. The Morgan fingerprint density at radius 2 is 1.98 bits per heavy atom. The molecule has 2 aliphatic carbocycles. The number of halogens is 1. The topological polar surface area (TPSA) is 105 Å². The maximum absolute atomic E-state index is 13.5. The average Bonchev–Trinajstić information content (AvgIpc) is 3.14. The van der Waals surface area contributed by atoms with Crippen LogP contribution in [0.5, 0.6) is 5.75 Å². The molecule has 2 aliphatic heterocycles. The van der Waals surface area contributed by atoms with Crippen LogP contribution in [0.3, 0.4) is 0 Å². The van der Waals surface area contributed by atoms with E-state index in [1.165, 1.54) is 11.1 Å². The van der Waals surface area contributed by atoms with Crippen molar-refractivity contribution in [2.75, 3.05) is 31.2 Å². The van der Waals surface area contributed by atoms with E-state index in [4.69, 9.17) is 21.1 Å². The lowest BCUT2D eigenvalue weighted by atomic mass is 9.64. The predicted octanol–water partition coefficient (Wildman–Crippen LogP) is 6.04. The van der Waals surface area contributed by atoms with E-state index in [-0.39, 0.29) is 41.4 Å². The molecule has 6 rings (SSSR count). The number of carbonyl (C=O) groups excluding carboxylic acids is 1. The molecular formula is C36H47ClN2O6S. The van der Waals surface area contributed by atoms with Crippen LogP contribution in [-0.2, 0) is 26.6 Å². The molecule has 0 unspecified atom stereocenters. The molecule has 8 nitrogen and oxygen atoms in total. The highest BCUT2D eigenvalue weighted by Gasteiger charge is 2.48. The summed E-state index contributed by atoms with van der Waals surface area (Å²) in [6, 6.07) is 11.4. The zero-order chi connectivity index (χ0) is 32.9. The second-order valence-electron chi connectivity index (χ2n) is 14.4. The number of sulfonamides is 1. The molecule has 2 aromatic carbocycles. The number of amides is 1. The molecule has 1 spiro atoms. The number of carbonyl (C=O) groups is 1. The predicted molar refractivity (Wildman–Crippen MR) is 181 cm³/mol. The van der Waals surface area contributed by atoms with E-state index in [9.17, 15) is 18.3 Å². The normalized spacial score (nSPS) is 33.2. The summed E-state index contributed by atoms with van der Waals surface area (Å²) in [5, 5.41) is 12.1. The first-order valence-electron chi connectivity index (χ1n) is 16.7. The quantitative estimate of drug-likeness (QED) is 0.384. The fourth-order valence-corrected chi connectivity index (χ4v) is 9.31. The molecule has 0 saturated heterocycles. The van der Waals surface area contributed by atoms with E-state index in [0.717, 1.165) is 42.8 Å². The lowest BCUT2D eigenvalue weighted by molar-refractivity contribution is -0.106. The molecule has 0 aromatic heterocycles. The Balaban J connectivity index is 1.44. The molecule has 10 heteroatoms. The number of nitrogens with zero attached hydrogens (tertiary/aromatic N) is 1. The van der Waals surface area contributed by atoms with Crippen molar-refractivity contribution in [3.05, 3.63) is 70.3 Å². The highest BCUT2D eigenvalue weighted by Crippen LogP contribution is 2.48. The summed E-state index contributed by atoms with van der Waals surface area (Å²) >= 11 is 6.43. The van der Waals surface area contributed by atoms with Crippen molar-refractivity contribution in [1.82, 2.24) is 4.72 Å². The number of rotatable bonds is 3. The minimum Gasteiger partial charge on any atom is -0.490 e. The summed E-state index contributed by atoms with van der Waals surface area (Å²) in [6.07, 6.45) is 8.85. The molecule has 4 aliphatic rings. The lowest BCUT2D eigenvalue weighted by Crippen LogP contribution is -2.54. The number of aryl methyl sites for hydroxylation is 1. The van der Waals surface area contributed by atoms with Crippen molar-refractivity contribution in [2.45, 2.75) is 88.6 Å². The van der Waals surface area contributed by atoms with Gasteiger partial charge in [-0.25, -0.2) is 13.1 Å². The number of allylic oxidation sites excluding steroid dienone is 1. The number of hydrogen-bond acceptors (Lipinski definition) is 7. The summed E-state index contributed by atoms with van der Waals surface area (Å²) in [4.78, 5) is 15.8. The van der Waals surface area contributed by atoms with Crippen molar-refractivity contribution < 1.29 is 27.8 Å². The van der Waals surface area contributed by atoms with Gasteiger partial charge in [-0.15, -0.1) is 0 Å². The SMILES string of the molecule is CC(C)OC[C@]1(O)/C=C\C[C@H](C)[C@@H](C)S(=O)(=O)NC(=O)c2ccc3c(c2)N(C[C@@H]2CC[C@H]21)C[C@@]1(CCCc2cc(Cl)ccc21)CO3. The molecule has 1 amide bonds. The Morgan fingerprint density at radius 3 is 2.72 bits per heavy atom. The van der Waals surface area contributed by atoms with Gasteiger partial charge in [-0.3, -0.25) is 4.79 Å². The van der Waals surface area contributed by atoms with Gasteiger partial charge in [-0.1, -0.05) is 36.7 Å². The van der Waals surface area contributed by atoms with Crippen molar-refractivity contribution in [3.8, 4) is 5.75 Å². The van der Waals surface area contributed by atoms with Crippen LogP contribution in [0.25, 0.3) is 0 Å². The molecule has 6 atom stereocenters. The van der Waals surface area contributed by atoms with E-state index >= 15 is 0 Å². The van der Waals surface area contributed by atoms with Crippen molar-refractivity contribution in [2.24, 2.45) is 17.8 Å². The third-order valence-corrected chi connectivity index (χ3v) is 13.1. The van der Waals surface area contributed by atoms with Crippen LogP contribution in [0, 0.1) is 17.8 Å². The van der Waals surface area contributed by atoms with E-state index in [2.05, 4.69) is 21.8 Å². The smallest absolute Gasteiger partial charge is 0.264 e. The van der Waals surface area contributed by atoms with Gasteiger partial charge in [0.2, 0.25) is 10.0 Å². The maximum Gasteiger partial charge on any atom is 0.264 e. The van der Waals surface area contributed by atoms with Gasteiger partial charge in [0, 0.05) is 29.1 Å². The molecule has 1 saturated carbocycles. The van der Waals surface area contributed by atoms with Gasteiger partial charge in [-0.2, -0.15) is 0 Å². The zero-order valence-corrected chi connectivity index (χ0v) is 28.9. The lowest BCUT2D eigenvalue weighted by Gasteiger charge is -2.49. The van der Waals surface area contributed by atoms with E-state index in [1.54, 1.807) is 25.1 Å². The summed E-state index contributed by atoms with van der Waals surface area (Å²) in [7, 11) is -3.97. The summed E-state index contributed by atoms with van der Waals surface area (Å²) in [6.45, 7) is 9.35. The van der Waals surface area contributed by atoms with Crippen LogP contribution in [0.15, 0.2) is 48.6 Å². The van der Waals surface area contributed by atoms with Gasteiger partial charge in [0.05, 0.1) is 30.3 Å². The van der Waals surface area contributed by atoms with Gasteiger partial charge in [0.25, 0.3) is 5.91 Å². The van der Waals surface area contributed by atoms with Crippen LogP contribution in [0.4, 0.5) is 5.69 Å². The zero-order valence-electron chi connectivity index (χ0n) is 27.3. The fourth-order valence-electron chi connectivity index (χ4n) is 7.83. The highest BCUT2D eigenvalue weighted by molar-refractivity contribution is 7.90. The number of ether oxygens (including phenoxy) is 2. The van der Waals surface area contributed by atoms with Gasteiger partial charge < -0.3 is 19.5 Å². The fraction of sp³-hybridized carbons (Fsp3) is 0.583. The molecule has 2 heterocycles. The number of nitrogens with one attached hydrogen (secondary N) is 1. The Kier molecular flexibility index (Phi) is 9.26. The van der Waals surface area contributed by atoms with Crippen LogP contribution in [-0.4, -0.2) is 62.7 Å². The van der Waals surface area contributed by atoms with Crippen molar-refractivity contribution in [3.63, 3.8) is 0 Å². The second kappa shape index (κ2) is 12.8. The second-order valence-corrected chi connectivity index (χ2v) is 16.9. The van der Waals surface area contributed by atoms with Crippen molar-refractivity contribution >= 4 is 33.2 Å². The molecule has 46 heavy (non-hydrogen) atoms. The van der Waals surface area contributed by atoms with E-state index < -0.39 is 26.8 Å². The minimum atomic E-state index is -3.97. The molecule has 2 aromatic rings. The van der Waals surface area contributed by atoms with Crippen LogP contribution >= 0.6 is 11.6 Å². The molecule has 0 radical (unpaired) electrons. The summed E-state index contributed by atoms with van der Waals surface area (Å²) in [5.74, 6) is -0.150. The van der Waals surface area contributed by atoms with E-state index in [0.29, 0.717) is 31.9 Å². The van der Waals surface area contributed by atoms with Crippen LogP contribution in [0.2, 0.25) is 5.02 Å². The van der Waals surface area contributed by atoms with Crippen LogP contribution < -0.4 is 14.4 Å². The molecular weight excluding hydrogens is 624 g/mol. The number of benzene rings is 2. The Hall–Kier alpha value is -2.59. The average molecular weight is 671 g/mol. The Labute approximate surface area is 278 Å². The highest BCUT2D eigenvalue weighted by atomic mass is 35.5. The number of aliphatic hydroxyl groups is 1. The molecule has 2 N–H and O–H groups in total. The standard InChI is InChI=1S/C36H47ClN2O6S/c1-23(2)44-22-36(41)16-5-7-24(3)25(4)46(42,43)38-34(40)27-10-14-33-32(18-27)39(19-28-9-12-31(28)36)20-35(21-45-33)15-6-8-26-17-29(37)11-13-30(26)35/h5,10-11,13-14,16-18,23-25,28,31,41H,6-9,12,15,19-22H2,1-4H3,(H,38,40)/b16-5-/t24-,25+,28-,31+,35-,36+/m0/s1. The number of anilines is 1. The van der Waals surface area contributed by atoms with Gasteiger partial charge >= 0.3 is 0 Å². The first-order valence-corrected chi connectivity index (χ1v) is 18.6. The first-order chi connectivity index (χ1) is 21.8. The van der Waals surface area contributed by atoms with Gasteiger partial charge in [0.1, 0.15) is 11.4 Å². The van der Waals surface area contributed by atoms with Crippen molar-refractivity contribution in [1.29, 1.82) is 0 Å². The van der Waals surface area contributed by atoms with Crippen LogP contribution in [0.1, 0.15) is 81.3 Å². The monoisotopic (exact) mass is 670 g/mol. The number of fused-ring (bicyclic) bond motifs is 4. The largest absolute Gasteiger partial charge is 0.490 e. The Bertz CT molecular complexity index is 1610. The molecule has 250 valence electrons. The Morgan fingerprint density at radius 1 is 1.17 bits per heavy atom. The third kappa shape index (κ3) is 6.45. The van der Waals surface area contributed by atoms with Gasteiger partial charge in [0.15, 0.2) is 0 Å². The summed E-state index contributed by atoms with van der Waals surface area (Å²) in [5.41, 5.74) is 2.01. The maximum atomic E-state index is 13.5. The minimum absolute atomic E-state index is 0.0423. The molecule has 2 bridgehead atoms. The molecule has 1 fully saturated rings. The van der Waals surface area contributed by atoms with E-state index in [1.807, 2.05) is 39.0 Å². The van der Waals surface area contributed by atoms with Gasteiger partial charge in [-0.05, 0) is 119 Å². The third-order valence-electron chi connectivity index (χ3n) is 10.9. The number of hydrogen-bond donors (Lipinski definition) is 2.